The lowest BCUT2D eigenvalue weighted by Gasteiger charge is -2.02. The minimum atomic E-state index is -0.522. The number of hydrogen-bond acceptors (Lipinski definition) is 1. The molecule has 0 bridgehead atoms. The van der Waals surface area contributed by atoms with Gasteiger partial charge in [-0.15, -0.1) is 3.69 Å². The summed E-state index contributed by atoms with van der Waals surface area (Å²) in [7, 11) is 5.75. The summed E-state index contributed by atoms with van der Waals surface area (Å²) in [5, 5.41) is 0. The first-order valence-corrected chi connectivity index (χ1v) is 6.49. The zero-order chi connectivity index (χ0) is 8.10. The molecule has 0 fully saturated rings. The van der Waals surface area contributed by atoms with E-state index >= 15 is 0 Å². The third-order valence-electron chi connectivity index (χ3n) is 1.39. The van der Waals surface area contributed by atoms with Crippen molar-refractivity contribution in [3.05, 3.63) is 24.3 Å². The first kappa shape index (κ1) is 9.17. The van der Waals surface area contributed by atoms with E-state index in [-0.39, 0.29) is 0 Å². The fraction of sp³-hybridized carbons (Fsp3) is 0.250. The molecule has 0 heterocycles. The van der Waals surface area contributed by atoms with Gasteiger partial charge < -0.3 is 13.8 Å². The molecule has 0 radical (unpaired) electrons. The van der Waals surface area contributed by atoms with Crippen LogP contribution < -0.4 is 8.43 Å². The Kier molecular flexibility index (Phi) is 4.05. The monoisotopic (exact) mass is 180 g/mol. The molecular formula is C8H9ClMgO. The summed E-state index contributed by atoms with van der Waals surface area (Å²) in [5.74, 6) is 0.926. The van der Waals surface area contributed by atoms with E-state index in [0.29, 0.717) is 0 Å². The lowest BCUT2D eigenvalue weighted by molar-refractivity contribution is 0.340. The number of benzene rings is 1. The topological polar surface area (TPSA) is 9.23 Å². The van der Waals surface area contributed by atoms with Crippen molar-refractivity contribution >= 4 is 32.0 Å². The van der Waals surface area contributed by atoms with Crippen LogP contribution in [0.25, 0.3) is 0 Å². The predicted octanol–water partition coefficient (Wildman–Crippen LogP) is 1.57. The zero-order valence-corrected chi connectivity index (χ0v) is 8.68. The third-order valence-corrected chi connectivity index (χ3v) is 3.09. The van der Waals surface area contributed by atoms with E-state index in [1.54, 1.807) is 0 Å². The highest BCUT2D eigenvalue weighted by Gasteiger charge is 1.95. The van der Waals surface area contributed by atoms with Crippen molar-refractivity contribution in [2.45, 2.75) is 6.92 Å². The van der Waals surface area contributed by atoms with E-state index in [1.807, 2.05) is 31.2 Å². The van der Waals surface area contributed by atoms with Crippen LogP contribution in [0.5, 0.6) is 5.75 Å². The van der Waals surface area contributed by atoms with Gasteiger partial charge in [0.05, 0.1) is 6.61 Å². The molecule has 0 spiro atoms. The van der Waals surface area contributed by atoms with Gasteiger partial charge in [-0.1, -0.05) is 12.1 Å². The minimum Gasteiger partial charge on any atom is -0.494 e. The van der Waals surface area contributed by atoms with E-state index in [1.165, 1.54) is 3.69 Å². The molecule has 0 aliphatic carbocycles. The standard InChI is InChI=1S/C8H9O.ClH.Mg/c1-2-9-8-6-4-3-5-7-8;;/h4-7H,2H2,1H3;1H;/q;;+1/p-1. The second-order valence-electron chi connectivity index (χ2n) is 2.21. The van der Waals surface area contributed by atoms with Crippen molar-refractivity contribution in [2.24, 2.45) is 0 Å². The van der Waals surface area contributed by atoms with Crippen LogP contribution >= 0.6 is 9.07 Å². The van der Waals surface area contributed by atoms with Crippen molar-refractivity contribution in [1.82, 2.24) is 0 Å². The van der Waals surface area contributed by atoms with Crippen molar-refractivity contribution in [1.29, 1.82) is 0 Å². The summed E-state index contributed by atoms with van der Waals surface area (Å²) in [6.07, 6.45) is 0. The lowest BCUT2D eigenvalue weighted by atomic mass is 10.3. The van der Waals surface area contributed by atoms with E-state index in [9.17, 15) is 0 Å². The molecule has 3 heteroatoms. The zero-order valence-electron chi connectivity index (χ0n) is 6.51. The quantitative estimate of drug-likeness (QED) is 0.643. The highest BCUT2D eigenvalue weighted by atomic mass is 35.5. The van der Waals surface area contributed by atoms with Gasteiger partial charge in [-0.2, -0.15) is 0 Å². The summed E-state index contributed by atoms with van der Waals surface area (Å²) in [5.41, 5.74) is 0. The Balaban J connectivity index is 2.66. The lowest BCUT2D eigenvalue weighted by Crippen LogP contribution is -2.07. The van der Waals surface area contributed by atoms with E-state index in [0.717, 1.165) is 12.4 Å². The summed E-state index contributed by atoms with van der Waals surface area (Å²) in [4.78, 5) is 0. The number of halogens is 1. The molecule has 0 aliphatic rings. The second-order valence-corrected chi connectivity index (χ2v) is 4.10. The van der Waals surface area contributed by atoms with Crippen LogP contribution in [0.4, 0.5) is 0 Å². The van der Waals surface area contributed by atoms with Crippen molar-refractivity contribution in [3.8, 4) is 5.75 Å². The predicted molar refractivity (Wildman–Crippen MR) is 48.9 cm³/mol. The van der Waals surface area contributed by atoms with Crippen molar-refractivity contribution < 1.29 is 4.74 Å². The highest BCUT2D eigenvalue weighted by Crippen LogP contribution is 2.06. The molecule has 0 amide bonds. The molecule has 1 aromatic rings. The Hall–Kier alpha value is 0.0762. The number of ether oxygens (including phenoxy) is 1. The molecule has 0 atom stereocenters. The summed E-state index contributed by atoms with van der Waals surface area (Å²) in [6.45, 7) is 2.70. The van der Waals surface area contributed by atoms with Gasteiger partial charge in [-0.3, -0.25) is 0 Å². The number of rotatable bonds is 3. The molecule has 0 saturated carbocycles. The number of hydrogen-bond donors (Lipinski definition) is 0. The molecule has 1 nitrogen and oxygen atoms in total. The van der Waals surface area contributed by atoms with Crippen LogP contribution in [0.1, 0.15) is 6.92 Å². The Bertz CT molecular complexity index is 210. The summed E-state index contributed by atoms with van der Waals surface area (Å²) < 4.78 is 6.54. The molecule has 1 rings (SSSR count). The van der Waals surface area contributed by atoms with Crippen LogP contribution in [-0.2, 0) is 0 Å². The maximum Gasteiger partial charge on any atom is 0.538 e. The minimum absolute atomic E-state index is 0.522. The highest BCUT2D eigenvalue weighted by molar-refractivity contribution is 7.01. The van der Waals surface area contributed by atoms with Gasteiger partial charge in [-0.25, -0.2) is 0 Å². The van der Waals surface area contributed by atoms with Gasteiger partial charge >= 0.3 is 19.3 Å². The maximum absolute atomic E-state index is 5.75. The van der Waals surface area contributed by atoms with E-state index in [4.69, 9.17) is 13.8 Å². The van der Waals surface area contributed by atoms with Crippen molar-refractivity contribution in [2.75, 3.05) is 6.61 Å². The fourth-order valence-corrected chi connectivity index (χ4v) is 1.79. The Morgan fingerprint density at radius 1 is 1.36 bits per heavy atom. The third kappa shape index (κ3) is 2.89. The molecule has 0 N–H and O–H groups in total. The average molecular weight is 181 g/mol. The maximum atomic E-state index is 5.75. The summed E-state index contributed by atoms with van der Waals surface area (Å²) in [6, 6.07) is 8.00. The van der Waals surface area contributed by atoms with Gasteiger partial charge in [0.25, 0.3) is 0 Å². The van der Waals surface area contributed by atoms with Crippen molar-refractivity contribution in [3.63, 3.8) is 0 Å². The normalized spacial score (nSPS) is 8.91. The molecule has 1 aromatic carbocycles. The molecule has 0 aliphatic heterocycles. The molecule has 56 valence electrons. The largest absolute Gasteiger partial charge is 0.538 e. The Labute approximate surface area is 80.2 Å². The second kappa shape index (κ2) is 4.85. The van der Waals surface area contributed by atoms with E-state index in [2.05, 4.69) is 0 Å². The van der Waals surface area contributed by atoms with Gasteiger partial charge in [-0.05, 0) is 19.1 Å². The Morgan fingerprint density at radius 2 is 2.00 bits per heavy atom. The smallest absolute Gasteiger partial charge is 0.494 e. The Morgan fingerprint density at radius 3 is 2.45 bits per heavy atom. The summed E-state index contributed by atoms with van der Waals surface area (Å²) >= 11 is -0.522. The first-order chi connectivity index (χ1) is 5.36. The fourth-order valence-electron chi connectivity index (χ4n) is 0.841. The SMILES string of the molecule is CCOc1cc[c]([Mg][Cl])cc1. The van der Waals surface area contributed by atoms with Crippen LogP contribution in [0, 0.1) is 0 Å². The first-order valence-electron chi connectivity index (χ1n) is 3.64. The van der Waals surface area contributed by atoms with Crippen LogP contribution in [0.3, 0.4) is 0 Å². The van der Waals surface area contributed by atoms with Gasteiger partial charge in [0.1, 0.15) is 5.75 Å². The molecule has 0 saturated heterocycles. The average Bonchev–Trinajstić information content (AvgIpc) is 2.07. The van der Waals surface area contributed by atoms with Gasteiger partial charge in [0, 0.05) is 0 Å². The molecule has 0 aromatic heterocycles. The molecule has 0 unspecified atom stereocenters. The van der Waals surface area contributed by atoms with E-state index < -0.39 is 19.3 Å². The van der Waals surface area contributed by atoms with Crippen LogP contribution in [-0.4, -0.2) is 25.9 Å². The van der Waals surface area contributed by atoms with Crippen LogP contribution in [0.2, 0.25) is 0 Å². The molecular weight excluding hydrogens is 172 g/mol. The van der Waals surface area contributed by atoms with Gasteiger partial charge in [0.15, 0.2) is 0 Å². The molecule has 11 heavy (non-hydrogen) atoms. The van der Waals surface area contributed by atoms with Gasteiger partial charge in [0.2, 0.25) is 0 Å². The van der Waals surface area contributed by atoms with Crippen LogP contribution in [0.15, 0.2) is 24.3 Å².